The number of hydrogen-bond acceptors (Lipinski definition) is 2. The number of ketones is 1. The third kappa shape index (κ3) is 3.32. The van der Waals surface area contributed by atoms with Crippen molar-refractivity contribution in [2.45, 2.75) is 6.92 Å². The van der Waals surface area contributed by atoms with Crippen molar-refractivity contribution in [1.29, 1.82) is 0 Å². The Hall–Kier alpha value is -2.42. The molecule has 0 unspecified atom stereocenters. The SMILES string of the molecule is COc1ccc(/C=C/C(=O)c2ccc(F)c(C)c2)cc1. The van der Waals surface area contributed by atoms with E-state index in [9.17, 15) is 9.18 Å². The lowest BCUT2D eigenvalue weighted by Crippen LogP contribution is -1.96. The van der Waals surface area contributed by atoms with Gasteiger partial charge in [-0.3, -0.25) is 4.79 Å². The van der Waals surface area contributed by atoms with E-state index in [1.165, 1.54) is 18.2 Å². The molecule has 0 fully saturated rings. The fraction of sp³-hybridized carbons (Fsp3) is 0.118. The molecule has 0 aromatic heterocycles. The predicted octanol–water partition coefficient (Wildman–Crippen LogP) is 4.04. The summed E-state index contributed by atoms with van der Waals surface area (Å²) in [5, 5.41) is 0. The van der Waals surface area contributed by atoms with Crippen molar-refractivity contribution in [3.63, 3.8) is 0 Å². The first-order valence-corrected chi connectivity index (χ1v) is 6.23. The number of ether oxygens (including phenoxy) is 1. The number of aryl methyl sites for hydroxylation is 1. The molecule has 0 radical (unpaired) electrons. The molecule has 0 saturated carbocycles. The normalized spacial score (nSPS) is 10.8. The molecule has 2 nitrogen and oxygen atoms in total. The van der Waals surface area contributed by atoms with Crippen LogP contribution in [0.4, 0.5) is 4.39 Å². The topological polar surface area (TPSA) is 26.3 Å². The molecular formula is C17H15FO2. The van der Waals surface area contributed by atoms with Crippen molar-refractivity contribution in [1.82, 2.24) is 0 Å². The minimum Gasteiger partial charge on any atom is -0.497 e. The van der Waals surface area contributed by atoms with Gasteiger partial charge in [0, 0.05) is 5.56 Å². The van der Waals surface area contributed by atoms with Gasteiger partial charge >= 0.3 is 0 Å². The van der Waals surface area contributed by atoms with Crippen LogP contribution in [0.15, 0.2) is 48.5 Å². The highest BCUT2D eigenvalue weighted by Crippen LogP contribution is 2.14. The van der Waals surface area contributed by atoms with E-state index in [0.717, 1.165) is 11.3 Å². The smallest absolute Gasteiger partial charge is 0.185 e. The molecule has 0 bridgehead atoms. The molecule has 20 heavy (non-hydrogen) atoms. The maximum atomic E-state index is 13.1. The van der Waals surface area contributed by atoms with Crippen molar-refractivity contribution in [3.8, 4) is 5.75 Å². The number of carbonyl (C=O) groups excluding carboxylic acids is 1. The zero-order valence-electron chi connectivity index (χ0n) is 11.4. The van der Waals surface area contributed by atoms with Gasteiger partial charge in [0.2, 0.25) is 0 Å². The van der Waals surface area contributed by atoms with Crippen LogP contribution >= 0.6 is 0 Å². The van der Waals surface area contributed by atoms with Gasteiger partial charge in [0.05, 0.1) is 7.11 Å². The standard InChI is InChI=1S/C17H15FO2/c1-12-11-14(6-9-16(12)18)17(19)10-5-13-3-7-15(20-2)8-4-13/h3-11H,1-2H3/b10-5+. The van der Waals surface area contributed by atoms with Crippen LogP contribution < -0.4 is 4.74 Å². The second-order valence-electron chi connectivity index (χ2n) is 4.43. The quantitative estimate of drug-likeness (QED) is 0.619. The summed E-state index contributed by atoms with van der Waals surface area (Å²) in [4.78, 5) is 12.0. The van der Waals surface area contributed by atoms with E-state index in [-0.39, 0.29) is 11.6 Å². The molecular weight excluding hydrogens is 255 g/mol. The second-order valence-corrected chi connectivity index (χ2v) is 4.43. The average molecular weight is 270 g/mol. The molecule has 0 aliphatic rings. The summed E-state index contributed by atoms with van der Waals surface area (Å²) < 4.78 is 18.2. The van der Waals surface area contributed by atoms with Crippen LogP contribution in [0.5, 0.6) is 5.75 Å². The highest BCUT2D eigenvalue weighted by molar-refractivity contribution is 6.06. The van der Waals surface area contributed by atoms with Crippen molar-refractivity contribution in [2.24, 2.45) is 0 Å². The van der Waals surface area contributed by atoms with E-state index < -0.39 is 0 Å². The van der Waals surface area contributed by atoms with Gasteiger partial charge in [-0.05, 0) is 54.5 Å². The van der Waals surface area contributed by atoms with Crippen LogP contribution in [0.2, 0.25) is 0 Å². The molecule has 2 aromatic carbocycles. The predicted molar refractivity (Wildman–Crippen MR) is 77.5 cm³/mol. The van der Waals surface area contributed by atoms with Gasteiger partial charge in [0.15, 0.2) is 5.78 Å². The molecule has 2 aromatic rings. The number of methoxy groups -OCH3 is 1. The third-order valence-corrected chi connectivity index (χ3v) is 2.99. The molecule has 0 saturated heterocycles. The molecule has 0 heterocycles. The summed E-state index contributed by atoms with van der Waals surface area (Å²) in [5.74, 6) is 0.312. The second kappa shape index (κ2) is 6.15. The van der Waals surface area contributed by atoms with Crippen LogP contribution in [-0.2, 0) is 0 Å². The molecule has 2 rings (SSSR count). The van der Waals surface area contributed by atoms with Gasteiger partial charge in [0.25, 0.3) is 0 Å². The Morgan fingerprint density at radius 2 is 1.85 bits per heavy atom. The van der Waals surface area contributed by atoms with Crippen molar-refractivity contribution in [2.75, 3.05) is 7.11 Å². The lowest BCUT2D eigenvalue weighted by molar-refractivity contribution is 0.104. The zero-order chi connectivity index (χ0) is 14.5. The third-order valence-electron chi connectivity index (χ3n) is 2.99. The zero-order valence-corrected chi connectivity index (χ0v) is 11.4. The van der Waals surface area contributed by atoms with Gasteiger partial charge in [-0.2, -0.15) is 0 Å². The highest BCUT2D eigenvalue weighted by atomic mass is 19.1. The summed E-state index contributed by atoms with van der Waals surface area (Å²) >= 11 is 0. The molecule has 0 aliphatic carbocycles. The van der Waals surface area contributed by atoms with E-state index >= 15 is 0 Å². The molecule has 0 atom stereocenters. The Labute approximate surface area is 117 Å². The van der Waals surface area contributed by atoms with Crippen LogP contribution in [0, 0.1) is 12.7 Å². The number of carbonyl (C=O) groups is 1. The minimum atomic E-state index is -0.305. The Morgan fingerprint density at radius 3 is 2.45 bits per heavy atom. The van der Waals surface area contributed by atoms with E-state index in [0.29, 0.717) is 11.1 Å². The van der Waals surface area contributed by atoms with E-state index in [1.54, 1.807) is 26.2 Å². The lowest BCUT2D eigenvalue weighted by Gasteiger charge is -2.00. The summed E-state index contributed by atoms with van der Waals surface area (Å²) in [6, 6.07) is 11.7. The van der Waals surface area contributed by atoms with Gasteiger partial charge < -0.3 is 4.74 Å². The van der Waals surface area contributed by atoms with Crippen molar-refractivity contribution < 1.29 is 13.9 Å². The van der Waals surface area contributed by atoms with E-state index in [4.69, 9.17) is 4.74 Å². The number of allylic oxidation sites excluding steroid dienone is 1. The van der Waals surface area contributed by atoms with Crippen LogP contribution in [0.3, 0.4) is 0 Å². The number of rotatable bonds is 4. The van der Waals surface area contributed by atoms with E-state index in [1.807, 2.05) is 24.3 Å². The summed E-state index contributed by atoms with van der Waals surface area (Å²) in [7, 11) is 1.60. The maximum absolute atomic E-state index is 13.1. The highest BCUT2D eigenvalue weighted by Gasteiger charge is 2.04. The van der Waals surface area contributed by atoms with Crippen LogP contribution in [-0.4, -0.2) is 12.9 Å². The number of hydrogen-bond donors (Lipinski definition) is 0. The first kappa shape index (κ1) is 14.0. The van der Waals surface area contributed by atoms with Gasteiger partial charge in [-0.25, -0.2) is 4.39 Å². The summed E-state index contributed by atoms with van der Waals surface area (Å²) in [6.45, 7) is 1.64. The average Bonchev–Trinajstić information content (AvgIpc) is 2.48. The van der Waals surface area contributed by atoms with Crippen molar-refractivity contribution >= 4 is 11.9 Å². The van der Waals surface area contributed by atoms with Gasteiger partial charge in [-0.1, -0.05) is 18.2 Å². The molecule has 0 spiro atoms. The van der Waals surface area contributed by atoms with Crippen LogP contribution in [0.25, 0.3) is 6.08 Å². The molecule has 102 valence electrons. The molecule has 0 N–H and O–H groups in total. The maximum Gasteiger partial charge on any atom is 0.185 e. The largest absolute Gasteiger partial charge is 0.497 e. The Bertz CT molecular complexity index is 643. The Balaban J connectivity index is 2.13. The number of halogens is 1. The fourth-order valence-corrected chi connectivity index (χ4v) is 1.78. The molecule has 0 aliphatic heterocycles. The molecule has 3 heteroatoms. The van der Waals surface area contributed by atoms with Crippen LogP contribution in [0.1, 0.15) is 21.5 Å². The summed E-state index contributed by atoms with van der Waals surface area (Å²) in [6.07, 6.45) is 3.20. The first-order valence-electron chi connectivity index (χ1n) is 6.23. The minimum absolute atomic E-state index is 0.149. The van der Waals surface area contributed by atoms with Crippen molar-refractivity contribution in [3.05, 3.63) is 71.0 Å². The number of benzene rings is 2. The summed E-state index contributed by atoms with van der Waals surface area (Å²) in [5.41, 5.74) is 1.85. The fourth-order valence-electron chi connectivity index (χ4n) is 1.78. The Morgan fingerprint density at radius 1 is 1.15 bits per heavy atom. The Kier molecular flexibility index (Phi) is 4.31. The van der Waals surface area contributed by atoms with E-state index in [2.05, 4.69) is 0 Å². The monoisotopic (exact) mass is 270 g/mol. The first-order chi connectivity index (χ1) is 9.60. The van der Waals surface area contributed by atoms with Gasteiger partial charge in [-0.15, -0.1) is 0 Å². The lowest BCUT2D eigenvalue weighted by atomic mass is 10.1. The molecule has 0 amide bonds. The van der Waals surface area contributed by atoms with Gasteiger partial charge in [0.1, 0.15) is 11.6 Å².